The molecule has 0 aromatic carbocycles. The molecule has 0 saturated heterocycles. The van der Waals surface area contributed by atoms with Gasteiger partial charge in [-0.2, -0.15) is 0 Å². The highest BCUT2D eigenvalue weighted by Gasteiger charge is 2.29. The molecule has 1 nitrogen and oxygen atoms in total. The van der Waals surface area contributed by atoms with Crippen LogP contribution in [0.15, 0.2) is 15.9 Å². The van der Waals surface area contributed by atoms with Crippen molar-refractivity contribution in [1.82, 2.24) is 0 Å². The van der Waals surface area contributed by atoms with Crippen LogP contribution in [0.1, 0.15) is 43.4 Å². The highest BCUT2D eigenvalue weighted by molar-refractivity contribution is 9.10. The summed E-state index contributed by atoms with van der Waals surface area (Å²) in [7, 11) is 0. The molecular weight excluding hydrogens is 272 g/mol. The van der Waals surface area contributed by atoms with Crippen LogP contribution < -0.4 is 0 Å². The van der Waals surface area contributed by atoms with Crippen LogP contribution in [-0.2, 0) is 6.42 Å². The van der Waals surface area contributed by atoms with Crippen LogP contribution in [0.3, 0.4) is 0 Å². The first-order valence-corrected chi connectivity index (χ1v) is 7.31. The third kappa shape index (κ3) is 3.05. The van der Waals surface area contributed by atoms with E-state index in [1.165, 1.54) is 30.6 Å². The van der Waals surface area contributed by atoms with E-state index in [1.54, 1.807) is 11.3 Å². The summed E-state index contributed by atoms with van der Waals surface area (Å²) < 4.78 is 1.16. The van der Waals surface area contributed by atoms with Gasteiger partial charge in [0.05, 0.1) is 5.60 Å². The normalized spacial score (nSPS) is 21.2. The van der Waals surface area contributed by atoms with Gasteiger partial charge in [-0.05, 0) is 40.2 Å². The lowest BCUT2D eigenvalue weighted by Crippen LogP contribution is -2.30. The van der Waals surface area contributed by atoms with Crippen LogP contribution in [0.5, 0.6) is 0 Å². The van der Waals surface area contributed by atoms with Crippen molar-refractivity contribution in [3.8, 4) is 0 Å². The molecule has 1 heterocycles. The Morgan fingerprint density at radius 1 is 1.27 bits per heavy atom. The van der Waals surface area contributed by atoms with Gasteiger partial charge in [0.2, 0.25) is 0 Å². The minimum atomic E-state index is -0.441. The zero-order chi connectivity index (χ0) is 10.7. The van der Waals surface area contributed by atoms with Gasteiger partial charge >= 0.3 is 0 Å². The summed E-state index contributed by atoms with van der Waals surface area (Å²) in [5.41, 5.74) is -0.441. The molecule has 1 saturated carbocycles. The summed E-state index contributed by atoms with van der Waals surface area (Å²) >= 11 is 5.28. The first kappa shape index (κ1) is 11.6. The predicted molar refractivity (Wildman–Crippen MR) is 68.4 cm³/mol. The first-order chi connectivity index (χ1) is 7.20. The van der Waals surface area contributed by atoms with Crippen LogP contribution in [-0.4, -0.2) is 10.7 Å². The smallest absolute Gasteiger partial charge is 0.0696 e. The van der Waals surface area contributed by atoms with Crippen LogP contribution in [0.2, 0.25) is 0 Å². The second kappa shape index (κ2) is 4.98. The fraction of sp³-hybridized carbons (Fsp3) is 0.667. The molecule has 1 N–H and O–H groups in total. The summed E-state index contributed by atoms with van der Waals surface area (Å²) in [5.74, 6) is 0. The maximum Gasteiger partial charge on any atom is 0.0696 e. The van der Waals surface area contributed by atoms with E-state index >= 15 is 0 Å². The molecule has 1 aromatic heterocycles. The van der Waals surface area contributed by atoms with Gasteiger partial charge in [-0.25, -0.2) is 0 Å². The lowest BCUT2D eigenvalue weighted by Gasteiger charge is -2.26. The van der Waals surface area contributed by atoms with E-state index in [2.05, 4.69) is 27.4 Å². The van der Waals surface area contributed by atoms with Gasteiger partial charge in [-0.15, -0.1) is 11.3 Å². The van der Waals surface area contributed by atoms with Crippen LogP contribution in [0.4, 0.5) is 0 Å². The summed E-state index contributed by atoms with van der Waals surface area (Å²) in [5, 5.41) is 12.6. The van der Waals surface area contributed by atoms with E-state index in [9.17, 15) is 5.11 Å². The lowest BCUT2D eigenvalue weighted by molar-refractivity contribution is 0.0259. The van der Waals surface area contributed by atoms with Gasteiger partial charge in [0.25, 0.3) is 0 Å². The number of thiophene rings is 1. The third-order valence-corrected chi connectivity index (χ3v) is 5.14. The standard InChI is InChI=1S/C12H17BrOS/c13-10-5-8-15-11(10)9-12(14)6-3-1-2-4-7-12/h5,8,14H,1-4,6-7,9H2. The molecule has 0 bridgehead atoms. The highest BCUT2D eigenvalue weighted by Crippen LogP contribution is 2.34. The zero-order valence-corrected chi connectivity index (χ0v) is 11.2. The number of hydrogen-bond acceptors (Lipinski definition) is 2. The van der Waals surface area contributed by atoms with E-state index in [4.69, 9.17) is 0 Å². The average Bonchev–Trinajstić information content (AvgIpc) is 2.48. The van der Waals surface area contributed by atoms with Crippen LogP contribution in [0.25, 0.3) is 0 Å². The molecule has 84 valence electrons. The van der Waals surface area contributed by atoms with Gasteiger partial charge in [0.1, 0.15) is 0 Å². The maximum absolute atomic E-state index is 10.5. The topological polar surface area (TPSA) is 20.2 Å². The van der Waals surface area contributed by atoms with Crippen molar-refractivity contribution < 1.29 is 5.11 Å². The number of halogens is 1. The van der Waals surface area contributed by atoms with Crippen molar-refractivity contribution in [1.29, 1.82) is 0 Å². The Morgan fingerprint density at radius 3 is 2.47 bits per heavy atom. The fourth-order valence-electron chi connectivity index (χ4n) is 2.31. The SMILES string of the molecule is OC1(Cc2sccc2Br)CCCCCC1. The number of aliphatic hydroxyl groups is 1. The van der Waals surface area contributed by atoms with Crippen molar-refractivity contribution in [3.05, 3.63) is 20.8 Å². The molecule has 3 heteroatoms. The number of hydrogen-bond donors (Lipinski definition) is 1. The minimum absolute atomic E-state index is 0.441. The van der Waals surface area contributed by atoms with Gasteiger partial charge in [0, 0.05) is 15.8 Å². The maximum atomic E-state index is 10.5. The van der Waals surface area contributed by atoms with Crippen molar-refractivity contribution in [2.45, 2.75) is 50.5 Å². The molecule has 0 atom stereocenters. The van der Waals surface area contributed by atoms with Crippen molar-refractivity contribution >= 4 is 27.3 Å². The van der Waals surface area contributed by atoms with Crippen molar-refractivity contribution in [2.75, 3.05) is 0 Å². The minimum Gasteiger partial charge on any atom is -0.390 e. The van der Waals surface area contributed by atoms with Gasteiger partial charge in [0.15, 0.2) is 0 Å². The Balaban J connectivity index is 2.05. The molecule has 15 heavy (non-hydrogen) atoms. The first-order valence-electron chi connectivity index (χ1n) is 5.64. The Morgan fingerprint density at radius 2 is 1.93 bits per heavy atom. The van der Waals surface area contributed by atoms with Crippen LogP contribution >= 0.6 is 27.3 Å². The molecule has 1 aromatic rings. The average molecular weight is 289 g/mol. The molecule has 0 aliphatic heterocycles. The second-order valence-corrected chi connectivity index (χ2v) is 6.36. The quantitative estimate of drug-likeness (QED) is 0.811. The monoisotopic (exact) mass is 288 g/mol. The van der Waals surface area contributed by atoms with E-state index in [1.807, 2.05) is 0 Å². The largest absolute Gasteiger partial charge is 0.390 e. The Kier molecular flexibility index (Phi) is 3.86. The molecular formula is C12H17BrOS. The number of rotatable bonds is 2. The molecule has 2 rings (SSSR count). The van der Waals surface area contributed by atoms with Crippen molar-refractivity contribution in [2.24, 2.45) is 0 Å². The van der Waals surface area contributed by atoms with E-state index in [0.717, 1.165) is 23.7 Å². The lowest BCUT2D eigenvalue weighted by atomic mass is 9.90. The third-order valence-electron chi connectivity index (χ3n) is 3.21. The van der Waals surface area contributed by atoms with E-state index in [0.29, 0.717) is 0 Å². The Labute approximate surface area is 104 Å². The molecule has 1 aliphatic carbocycles. The molecule has 0 spiro atoms. The van der Waals surface area contributed by atoms with Crippen LogP contribution in [0, 0.1) is 0 Å². The fourth-order valence-corrected chi connectivity index (χ4v) is 3.94. The molecule has 0 unspecified atom stereocenters. The Bertz CT molecular complexity index is 313. The summed E-state index contributed by atoms with van der Waals surface area (Å²) in [4.78, 5) is 1.29. The highest BCUT2D eigenvalue weighted by atomic mass is 79.9. The van der Waals surface area contributed by atoms with Gasteiger partial charge < -0.3 is 5.11 Å². The van der Waals surface area contributed by atoms with Crippen molar-refractivity contribution in [3.63, 3.8) is 0 Å². The second-order valence-electron chi connectivity index (χ2n) is 4.51. The van der Waals surface area contributed by atoms with E-state index in [-0.39, 0.29) is 0 Å². The van der Waals surface area contributed by atoms with Gasteiger partial charge in [-0.3, -0.25) is 0 Å². The predicted octanol–water partition coefficient (Wildman–Crippen LogP) is 4.14. The van der Waals surface area contributed by atoms with Gasteiger partial charge in [-0.1, -0.05) is 25.7 Å². The Hall–Kier alpha value is 0.140. The summed E-state index contributed by atoms with van der Waals surface area (Å²) in [6, 6.07) is 2.07. The molecule has 1 aliphatic rings. The summed E-state index contributed by atoms with van der Waals surface area (Å²) in [6.07, 6.45) is 7.70. The molecule has 0 amide bonds. The zero-order valence-electron chi connectivity index (χ0n) is 8.84. The summed E-state index contributed by atoms with van der Waals surface area (Å²) in [6.45, 7) is 0. The molecule has 1 fully saturated rings. The van der Waals surface area contributed by atoms with E-state index < -0.39 is 5.60 Å². The molecule has 0 radical (unpaired) electrons.